The fourth-order valence-corrected chi connectivity index (χ4v) is 14.8. The highest BCUT2D eigenvalue weighted by Gasteiger charge is 2.46. The zero-order chi connectivity index (χ0) is 56.0. The third-order valence-corrected chi connectivity index (χ3v) is 19.1. The molecular weight excluding hydrogens is 1010 g/mol. The number of anilines is 6. The van der Waals surface area contributed by atoms with Gasteiger partial charge in [-0.3, -0.25) is 0 Å². The minimum atomic E-state index is -0.106. The summed E-state index contributed by atoms with van der Waals surface area (Å²) in [4.78, 5) is 5.31. The van der Waals surface area contributed by atoms with Crippen LogP contribution in [0, 0.1) is 0 Å². The van der Waals surface area contributed by atoms with Gasteiger partial charge >= 0.3 is 0 Å². The van der Waals surface area contributed by atoms with Gasteiger partial charge in [0.1, 0.15) is 0 Å². The first-order valence-corrected chi connectivity index (χ1v) is 30.0. The fourth-order valence-electron chi connectivity index (χ4n) is 13.5. The van der Waals surface area contributed by atoms with Crippen LogP contribution in [0.25, 0.3) is 86.9 Å². The predicted molar refractivity (Wildman–Crippen MR) is 357 cm³/mol. The first-order valence-electron chi connectivity index (χ1n) is 29.2. The number of fused-ring (bicyclic) bond motifs is 6. The molecule has 0 atom stereocenters. The van der Waals surface area contributed by atoms with E-state index in [0.29, 0.717) is 0 Å². The van der Waals surface area contributed by atoms with E-state index in [1.807, 2.05) is 11.3 Å². The third-order valence-electron chi connectivity index (χ3n) is 17.9. The number of hydrogen-bond donors (Lipinski definition) is 0. The highest BCUT2D eigenvalue weighted by Crippen LogP contribution is 2.53. The van der Waals surface area contributed by atoms with E-state index >= 15 is 0 Å². The number of nitrogens with zero attached hydrogens (tertiary/aromatic N) is 2. The van der Waals surface area contributed by atoms with Gasteiger partial charge in [-0.1, -0.05) is 232 Å². The van der Waals surface area contributed by atoms with Gasteiger partial charge in [-0.15, -0.1) is 11.3 Å². The molecule has 0 unspecified atom stereocenters. The van der Waals surface area contributed by atoms with Crippen molar-refractivity contribution in [1.82, 2.24) is 0 Å². The largest absolute Gasteiger partial charge is 0.311 e. The number of thiophene rings is 1. The maximum Gasteiger partial charge on any atom is 0.264 e. The lowest BCUT2D eigenvalue weighted by atomic mass is 9.36. The smallest absolute Gasteiger partial charge is 0.264 e. The van der Waals surface area contributed by atoms with Gasteiger partial charge in [0.2, 0.25) is 0 Å². The lowest BCUT2D eigenvalue weighted by Crippen LogP contribution is -2.60. The standard InChI is InChI=1S/C78H65BN2S/c1-76(2,3)57-31-35-60(36-32-57)80-68-44-56(49-20-14-11-15-21-49)45-69-73(68)79(75-74(80)64-47-59(78(7,8)9)34-41-70(64)82-75)65-43-55(54-25-17-24-53(42-54)48-18-12-10-13-19-48)30-39-67(65)81(69)66-40-33-58(77(4,5)6)46-63(66)61-37-28-52-27-26-50-22-16-23-51-29-38-62(61)72(52)71(50)51/h10-47H,1-9H3. The van der Waals surface area contributed by atoms with Gasteiger partial charge in [-0.25, -0.2) is 0 Å². The summed E-state index contributed by atoms with van der Waals surface area (Å²) in [5.74, 6) is 0. The first kappa shape index (κ1) is 50.3. The topological polar surface area (TPSA) is 6.48 Å². The molecular formula is C78H65BN2S. The van der Waals surface area contributed by atoms with Gasteiger partial charge in [0.15, 0.2) is 0 Å². The molecule has 0 N–H and O–H groups in total. The van der Waals surface area contributed by atoms with E-state index in [2.05, 4.69) is 303 Å². The molecule has 3 heterocycles. The van der Waals surface area contributed by atoms with Crippen LogP contribution in [-0.4, -0.2) is 6.71 Å². The molecule has 0 bridgehead atoms. The normalized spacial score (nSPS) is 13.4. The minimum Gasteiger partial charge on any atom is -0.311 e. The Kier molecular flexibility index (Phi) is 11.3. The van der Waals surface area contributed by atoms with Crippen molar-refractivity contribution in [2.45, 2.75) is 78.6 Å². The first-order chi connectivity index (χ1) is 39.5. The van der Waals surface area contributed by atoms with Gasteiger partial charge in [0.05, 0.1) is 11.4 Å². The van der Waals surface area contributed by atoms with E-state index in [9.17, 15) is 0 Å². The highest BCUT2D eigenvalue weighted by molar-refractivity contribution is 7.33. The zero-order valence-corrected chi connectivity index (χ0v) is 49.1. The van der Waals surface area contributed by atoms with E-state index < -0.39 is 0 Å². The predicted octanol–water partition coefficient (Wildman–Crippen LogP) is 20.4. The Balaban J connectivity index is 1.07. The Morgan fingerprint density at radius 2 is 0.878 bits per heavy atom. The van der Waals surface area contributed by atoms with Crippen LogP contribution in [0.5, 0.6) is 0 Å². The van der Waals surface area contributed by atoms with Crippen LogP contribution in [-0.2, 0) is 16.2 Å². The highest BCUT2D eigenvalue weighted by atomic mass is 32.1. The van der Waals surface area contributed by atoms with E-state index in [-0.39, 0.29) is 23.0 Å². The summed E-state index contributed by atoms with van der Waals surface area (Å²) in [6, 6.07) is 88.4. The van der Waals surface area contributed by atoms with Crippen molar-refractivity contribution >= 4 is 110 Å². The van der Waals surface area contributed by atoms with Crippen molar-refractivity contribution in [3.63, 3.8) is 0 Å². The molecule has 2 aliphatic rings. The van der Waals surface area contributed by atoms with Crippen LogP contribution in [0.3, 0.4) is 0 Å². The molecule has 1 aromatic heterocycles. The van der Waals surface area contributed by atoms with Crippen LogP contribution in [0.4, 0.5) is 34.1 Å². The summed E-state index contributed by atoms with van der Waals surface area (Å²) in [6.07, 6.45) is 0. The van der Waals surface area contributed by atoms with Crippen LogP contribution in [0.2, 0.25) is 0 Å². The monoisotopic (exact) mass is 1070 g/mol. The average molecular weight is 1070 g/mol. The maximum absolute atomic E-state index is 2.66. The van der Waals surface area contributed by atoms with Gasteiger partial charge in [0.25, 0.3) is 6.71 Å². The lowest BCUT2D eigenvalue weighted by molar-refractivity contribution is 0.590. The summed E-state index contributed by atoms with van der Waals surface area (Å²) in [7, 11) is 0. The SMILES string of the molecule is CC(C)(C)c1ccc(N2c3cc(-c4ccccc4)cc4c3B(c3cc(-c5cccc(-c6ccccc6)c5)ccc3N4c3ccc(C(C)(C)C)cc3-c3ccc4ccc5cccc6ccc3c4c56)c3sc4ccc(C(C)(C)C)cc4c32)cc1. The van der Waals surface area contributed by atoms with Crippen LogP contribution in [0.15, 0.2) is 231 Å². The molecule has 0 radical (unpaired) electrons. The minimum absolute atomic E-state index is 0.00273. The molecule has 12 aromatic carbocycles. The molecule has 2 aliphatic heterocycles. The van der Waals surface area contributed by atoms with E-state index in [0.717, 1.165) is 11.4 Å². The lowest BCUT2D eigenvalue weighted by Gasteiger charge is -2.44. The molecule has 0 aliphatic carbocycles. The molecule has 2 nitrogen and oxygen atoms in total. The molecule has 4 heteroatoms. The Morgan fingerprint density at radius 1 is 0.341 bits per heavy atom. The van der Waals surface area contributed by atoms with E-state index in [1.54, 1.807) is 0 Å². The molecule has 396 valence electrons. The van der Waals surface area contributed by atoms with E-state index in [4.69, 9.17) is 0 Å². The zero-order valence-electron chi connectivity index (χ0n) is 48.3. The van der Waals surface area contributed by atoms with Crippen molar-refractivity contribution in [2.24, 2.45) is 0 Å². The third kappa shape index (κ3) is 8.05. The van der Waals surface area contributed by atoms with Crippen molar-refractivity contribution in [1.29, 1.82) is 0 Å². The Bertz CT molecular complexity index is 4670. The molecule has 0 saturated heterocycles. The van der Waals surface area contributed by atoms with Gasteiger partial charge in [0, 0.05) is 43.2 Å². The van der Waals surface area contributed by atoms with E-state index in [1.165, 1.54) is 142 Å². The summed E-state index contributed by atoms with van der Waals surface area (Å²) >= 11 is 1.98. The molecule has 0 amide bonds. The molecule has 13 aromatic rings. The second-order valence-corrected chi connectivity index (χ2v) is 27.2. The number of rotatable bonds is 6. The summed E-state index contributed by atoms with van der Waals surface area (Å²) in [5.41, 5.74) is 23.3. The van der Waals surface area contributed by atoms with Gasteiger partial charge < -0.3 is 9.80 Å². The number of hydrogen-bond acceptors (Lipinski definition) is 3. The molecule has 0 saturated carbocycles. The van der Waals surface area contributed by atoms with Crippen molar-refractivity contribution in [2.75, 3.05) is 9.80 Å². The molecule has 0 spiro atoms. The Morgan fingerprint density at radius 3 is 1.56 bits per heavy atom. The second-order valence-electron chi connectivity index (χ2n) is 26.1. The molecule has 0 fully saturated rings. The quantitative estimate of drug-likeness (QED) is 0.121. The molecule has 15 rings (SSSR count). The summed E-state index contributed by atoms with van der Waals surface area (Å²) < 4.78 is 2.67. The summed E-state index contributed by atoms with van der Waals surface area (Å²) in [5, 5.41) is 9.04. The summed E-state index contributed by atoms with van der Waals surface area (Å²) in [6.45, 7) is 20.9. The Labute approximate surface area is 487 Å². The van der Waals surface area contributed by atoms with Crippen LogP contribution in [0.1, 0.15) is 79.0 Å². The fraction of sp³-hybridized carbons (Fsp3) is 0.154. The van der Waals surface area contributed by atoms with Crippen LogP contribution < -0.4 is 25.5 Å². The van der Waals surface area contributed by atoms with Crippen molar-refractivity contribution < 1.29 is 0 Å². The van der Waals surface area contributed by atoms with Gasteiger partial charge in [-0.2, -0.15) is 0 Å². The molecule has 82 heavy (non-hydrogen) atoms. The maximum atomic E-state index is 2.66. The van der Waals surface area contributed by atoms with Crippen LogP contribution >= 0.6 is 11.3 Å². The number of benzene rings is 12. The van der Waals surface area contributed by atoms with Crippen molar-refractivity contribution in [3.05, 3.63) is 247 Å². The Hall–Kier alpha value is -8.70. The van der Waals surface area contributed by atoms with Gasteiger partial charge in [-0.05, 0) is 176 Å². The van der Waals surface area contributed by atoms with Crippen molar-refractivity contribution in [3.8, 4) is 44.5 Å². The average Bonchev–Trinajstić information content (AvgIpc) is 1.58. The second kappa shape index (κ2) is 18.4.